The fraction of sp³-hybridized carbons (Fsp3) is 0.368. The molecule has 1 aromatic carbocycles. The van der Waals surface area contributed by atoms with E-state index in [0.717, 1.165) is 31.9 Å². The van der Waals surface area contributed by atoms with E-state index in [1.807, 2.05) is 24.4 Å². The number of quaternary nitrogens is 1. The zero-order valence-corrected chi connectivity index (χ0v) is 15.8. The summed E-state index contributed by atoms with van der Waals surface area (Å²) in [4.78, 5) is 16.1. The molecule has 2 heterocycles. The number of methoxy groups -OCH3 is 1. The summed E-state index contributed by atoms with van der Waals surface area (Å²) < 4.78 is 5.20. The molecule has 1 amide bonds. The standard InChI is InChI=1S/C19H22N4O2S/c1-14(18(24)21-19-15(13-20)7-12-26-19)22-8-10-23(11-9-22)16-3-5-17(25-2)6-4-16/h3-7,12,14H,8-11H2,1-2H3,(H,21,24)/p+1/t14-/m0/s1. The Morgan fingerprint density at radius 3 is 2.62 bits per heavy atom. The number of hydrogen-bond acceptors (Lipinski definition) is 5. The molecule has 136 valence electrons. The van der Waals surface area contributed by atoms with E-state index < -0.39 is 0 Å². The molecule has 2 aromatic rings. The first-order valence-corrected chi connectivity index (χ1v) is 9.52. The van der Waals surface area contributed by atoms with E-state index in [-0.39, 0.29) is 11.9 Å². The molecular formula is C19H23N4O2S+. The second kappa shape index (κ2) is 8.21. The van der Waals surface area contributed by atoms with Crippen LogP contribution in [0, 0.1) is 11.3 Å². The minimum atomic E-state index is -0.151. The Bertz CT molecular complexity index is 789. The fourth-order valence-corrected chi connectivity index (χ4v) is 3.92. The maximum atomic E-state index is 12.5. The van der Waals surface area contributed by atoms with Crippen LogP contribution in [0.3, 0.4) is 0 Å². The van der Waals surface area contributed by atoms with E-state index in [2.05, 4.69) is 28.4 Å². The molecule has 1 atom stereocenters. The number of amides is 1. The van der Waals surface area contributed by atoms with Gasteiger partial charge in [-0.25, -0.2) is 0 Å². The number of nitrogens with one attached hydrogen (secondary N) is 2. The third kappa shape index (κ3) is 3.98. The molecule has 0 unspecified atom stereocenters. The molecule has 1 aromatic heterocycles. The normalized spacial score (nSPS) is 16.0. The van der Waals surface area contributed by atoms with Gasteiger partial charge in [-0.05, 0) is 42.6 Å². The van der Waals surface area contributed by atoms with Crippen molar-refractivity contribution in [2.24, 2.45) is 0 Å². The lowest BCUT2D eigenvalue weighted by Gasteiger charge is -2.36. The highest BCUT2D eigenvalue weighted by molar-refractivity contribution is 7.14. The topological polar surface area (TPSA) is 69.8 Å². The van der Waals surface area contributed by atoms with Crippen LogP contribution in [-0.4, -0.2) is 45.2 Å². The van der Waals surface area contributed by atoms with Crippen molar-refractivity contribution >= 4 is 27.9 Å². The number of thiophene rings is 1. The van der Waals surface area contributed by atoms with Gasteiger partial charge in [-0.2, -0.15) is 5.26 Å². The molecule has 0 radical (unpaired) electrons. The Balaban J connectivity index is 1.55. The van der Waals surface area contributed by atoms with Gasteiger partial charge >= 0.3 is 0 Å². The molecule has 26 heavy (non-hydrogen) atoms. The summed E-state index contributed by atoms with van der Waals surface area (Å²) in [5.74, 6) is 0.825. The maximum Gasteiger partial charge on any atom is 0.283 e. The molecule has 1 aliphatic rings. The van der Waals surface area contributed by atoms with Crippen LogP contribution in [0.2, 0.25) is 0 Å². The predicted molar refractivity (Wildman–Crippen MR) is 103 cm³/mol. The lowest BCUT2D eigenvalue weighted by atomic mass is 10.2. The Morgan fingerprint density at radius 2 is 2.00 bits per heavy atom. The van der Waals surface area contributed by atoms with Crippen LogP contribution in [0.4, 0.5) is 10.7 Å². The first kappa shape index (κ1) is 18.2. The number of rotatable bonds is 5. The third-order valence-corrected chi connectivity index (χ3v) is 5.70. The van der Waals surface area contributed by atoms with E-state index in [1.54, 1.807) is 13.2 Å². The molecule has 0 bridgehead atoms. The van der Waals surface area contributed by atoms with Gasteiger partial charge in [0.2, 0.25) is 0 Å². The second-order valence-corrected chi connectivity index (χ2v) is 7.25. The molecule has 1 aliphatic heterocycles. The van der Waals surface area contributed by atoms with Crippen molar-refractivity contribution in [1.29, 1.82) is 5.26 Å². The zero-order chi connectivity index (χ0) is 18.5. The molecule has 1 saturated heterocycles. The first-order valence-electron chi connectivity index (χ1n) is 8.64. The Morgan fingerprint density at radius 1 is 1.31 bits per heavy atom. The number of nitriles is 1. The largest absolute Gasteiger partial charge is 0.497 e. The lowest BCUT2D eigenvalue weighted by Crippen LogP contribution is -3.19. The zero-order valence-electron chi connectivity index (χ0n) is 15.0. The second-order valence-electron chi connectivity index (χ2n) is 6.33. The SMILES string of the molecule is COc1ccc(N2CC[NH+]([C@@H](C)C(=O)Nc3sccc3C#N)CC2)cc1. The number of benzene rings is 1. The summed E-state index contributed by atoms with van der Waals surface area (Å²) in [5, 5.41) is 14.4. The molecule has 2 N–H and O–H groups in total. The number of hydrogen-bond donors (Lipinski definition) is 2. The molecule has 6 nitrogen and oxygen atoms in total. The van der Waals surface area contributed by atoms with Crippen molar-refractivity contribution < 1.29 is 14.4 Å². The van der Waals surface area contributed by atoms with Gasteiger partial charge in [-0.15, -0.1) is 11.3 Å². The highest BCUT2D eigenvalue weighted by Gasteiger charge is 2.29. The van der Waals surface area contributed by atoms with Gasteiger partial charge in [-0.3, -0.25) is 4.79 Å². The number of nitrogens with zero attached hydrogens (tertiary/aromatic N) is 2. The van der Waals surface area contributed by atoms with Gasteiger partial charge in [0.25, 0.3) is 5.91 Å². The van der Waals surface area contributed by atoms with E-state index in [4.69, 9.17) is 10.00 Å². The van der Waals surface area contributed by atoms with Crippen molar-refractivity contribution in [2.45, 2.75) is 13.0 Å². The van der Waals surface area contributed by atoms with Crippen LogP contribution in [-0.2, 0) is 4.79 Å². The van der Waals surface area contributed by atoms with Crippen molar-refractivity contribution in [3.05, 3.63) is 41.3 Å². The summed E-state index contributed by atoms with van der Waals surface area (Å²) in [6.45, 7) is 5.56. The van der Waals surface area contributed by atoms with Crippen LogP contribution >= 0.6 is 11.3 Å². The average Bonchev–Trinajstić information content (AvgIpc) is 3.14. The Kier molecular flexibility index (Phi) is 5.76. The van der Waals surface area contributed by atoms with Crippen LogP contribution in [0.5, 0.6) is 5.75 Å². The van der Waals surface area contributed by atoms with Crippen LogP contribution in [0.15, 0.2) is 35.7 Å². The summed E-state index contributed by atoms with van der Waals surface area (Å²) >= 11 is 1.38. The first-order chi connectivity index (χ1) is 12.6. The molecule has 0 spiro atoms. The molecule has 7 heteroatoms. The Labute approximate surface area is 157 Å². The van der Waals surface area contributed by atoms with E-state index in [0.29, 0.717) is 10.6 Å². The molecule has 1 fully saturated rings. The average molecular weight is 371 g/mol. The van der Waals surface area contributed by atoms with E-state index >= 15 is 0 Å². The minimum Gasteiger partial charge on any atom is -0.497 e. The van der Waals surface area contributed by atoms with E-state index in [9.17, 15) is 4.79 Å². The minimum absolute atomic E-state index is 0.0307. The monoisotopic (exact) mass is 371 g/mol. The number of carbonyl (C=O) groups is 1. The lowest BCUT2D eigenvalue weighted by molar-refractivity contribution is -0.914. The maximum absolute atomic E-state index is 12.5. The summed E-state index contributed by atoms with van der Waals surface area (Å²) in [7, 11) is 1.67. The van der Waals surface area contributed by atoms with Crippen molar-refractivity contribution in [1.82, 2.24) is 0 Å². The quantitative estimate of drug-likeness (QED) is 0.833. The Hall–Kier alpha value is -2.56. The molecular weight excluding hydrogens is 348 g/mol. The van der Waals surface area contributed by atoms with Crippen molar-refractivity contribution in [2.75, 3.05) is 43.5 Å². The van der Waals surface area contributed by atoms with Crippen LogP contribution in [0.1, 0.15) is 12.5 Å². The number of ether oxygens (including phenoxy) is 1. The van der Waals surface area contributed by atoms with Crippen molar-refractivity contribution in [3.63, 3.8) is 0 Å². The van der Waals surface area contributed by atoms with Crippen molar-refractivity contribution in [3.8, 4) is 11.8 Å². The summed E-state index contributed by atoms with van der Waals surface area (Å²) in [6.07, 6.45) is 0. The van der Waals surface area contributed by atoms with Gasteiger partial charge in [0.05, 0.1) is 38.9 Å². The van der Waals surface area contributed by atoms with Gasteiger partial charge in [-0.1, -0.05) is 0 Å². The third-order valence-electron chi connectivity index (χ3n) is 4.87. The smallest absolute Gasteiger partial charge is 0.283 e. The molecule has 0 aliphatic carbocycles. The molecule has 3 rings (SSSR count). The molecule has 0 saturated carbocycles. The fourth-order valence-electron chi connectivity index (χ4n) is 3.18. The summed E-state index contributed by atoms with van der Waals surface area (Å²) in [5.41, 5.74) is 1.70. The summed E-state index contributed by atoms with van der Waals surface area (Å²) in [6, 6.07) is 11.8. The van der Waals surface area contributed by atoms with Crippen LogP contribution in [0.25, 0.3) is 0 Å². The van der Waals surface area contributed by atoms with Gasteiger partial charge < -0.3 is 19.9 Å². The highest BCUT2D eigenvalue weighted by atomic mass is 32.1. The van der Waals surface area contributed by atoms with Gasteiger partial charge in [0, 0.05) is 5.69 Å². The number of piperazine rings is 1. The number of carbonyl (C=O) groups excluding carboxylic acids is 1. The van der Waals surface area contributed by atoms with Gasteiger partial charge in [0.1, 0.15) is 16.8 Å². The highest BCUT2D eigenvalue weighted by Crippen LogP contribution is 2.22. The van der Waals surface area contributed by atoms with E-state index in [1.165, 1.54) is 21.9 Å². The van der Waals surface area contributed by atoms with Crippen LogP contribution < -0.4 is 19.9 Å². The number of anilines is 2. The van der Waals surface area contributed by atoms with Gasteiger partial charge in [0.15, 0.2) is 6.04 Å². The predicted octanol–water partition coefficient (Wildman–Crippen LogP) is 1.36.